The lowest BCUT2D eigenvalue weighted by molar-refractivity contribution is -0.143. The van der Waals surface area contributed by atoms with Crippen LogP contribution in [-0.4, -0.2) is 35.1 Å². The first kappa shape index (κ1) is 15.9. The van der Waals surface area contributed by atoms with Gasteiger partial charge in [0.05, 0.1) is 0 Å². The number of benzene rings is 1. The molecule has 2 amide bonds. The predicted octanol–water partition coefficient (Wildman–Crippen LogP) is 2.28. The van der Waals surface area contributed by atoms with Crippen LogP contribution in [0.15, 0.2) is 35.2 Å². The summed E-state index contributed by atoms with van der Waals surface area (Å²) in [4.78, 5) is 26.9. The highest BCUT2D eigenvalue weighted by Crippen LogP contribution is 2.24. The Balaban J connectivity index is 1.93. The fourth-order valence-electron chi connectivity index (χ4n) is 2.58. The van der Waals surface area contributed by atoms with Gasteiger partial charge in [-0.05, 0) is 31.4 Å². The predicted molar refractivity (Wildman–Crippen MR) is 84.9 cm³/mol. The molecular weight excluding hydrogens is 284 g/mol. The molecule has 0 aromatic heterocycles. The highest BCUT2D eigenvalue weighted by molar-refractivity contribution is 7.99. The van der Waals surface area contributed by atoms with Gasteiger partial charge < -0.3 is 10.6 Å². The number of hydrogen-bond donors (Lipinski definition) is 1. The lowest BCUT2D eigenvalue weighted by atomic mass is 9.99. The van der Waals surface area contributed by atoms with Gasteiger partial charge in [-0.25, -0.2) is 0 Å². The summed E-state index contributed by atoms with van der Waals surface area (Å²) in [6.45, 7) is 2.57. The highest BCUT2D eigenvalue weighted by atomic mass is 32.2. The van der Waals surface area contributed by atoms with Gasteiger partial charge in [0, 0.05) is 23.1 Å². The maximum Gasteiger partial charge on any atom is 0.240 e. The Labute approximate surface area is 130 Å². The summed E-state index contributed by atoms with van der Waals surface area (Å²) < 4.78 is 0. The highest BCUT2D eigenvalue weighted by Gasteiger charge is 2.32. The minimum atomic E-state index is -0.421. The molecule has 1 aliphatic rings. The quantitative estimate of drug-likeness (QED) is 0.849. The number of primary amides is 1. The lowest BCUT2D eigenvalue weighted by Gasteiger charge is -2.35. The van der Waals surface area contributed by atoms with Crippen molar-refractivity contribution in [2.75, 3.05) is 12.3 Å². The van der Waals surface area contributed by atoms with E-state index in [1.165, 1.54) is 0 Å². The number of amides is 2. The molecule has 0 aliphatic carbocycles. The SMILES string of the molecule is C[C@@H](CSc1ccccc1)C(=O)N1CCCC[C@@H]1C(N)=O. The molecule has 0 unspecified atom stereocenters. The van der Waals surface area contributed by atoms with Gasteiger partial charge in [0.25, 0.3) is 0 Å². The number of hydrogen-bond acceptors (Lipinski definition) is 3. The summed E-state index contributed by atoms with van der Waals surface area (Å²) in [7, 11) is 0. The molecule has 1 fully saturated rings. The Morgan fingerprint density at radius 1 is 1.33 bits per heavy atom. The molecule has 1 aromatic rings. The number of likely N-dealkylation sites (tertiary alicyclic amines) is 1. The molecule has 5 heteroatoms. The summed E-state index contributed by atoms with van der Waals surface area (Å²) in [5.74, 6) is 0.258. The first-order valence-electron chi connectivity index (χ1n) is 7.37. The van der Waals surface area contributed by atoms with Crippen molar-refractivity contribution in [3.05, 3.63) is 30.3 Å². The van der Waals surface area contributed by atoms with Crippen LogP contribution in [0.5, 0.6) is 0 Å². The number of carbonyl (C=O) groups is 2. The summed E-state index contributed by atoms with van der Waals surface area (Å²) in [6.07, 6.45) is 2.61. The zero-order valence-corrected chi connectivity index (χ0v) is 13.1. The van der Waals surface area contributed by atoms with Gasteiger partial charge in [0.15, 0.2) is 0 Å². The van der Waals surface area contributed by atoms with Gasteiger partial charge in [-0.15, -0.1) is 11.8 Å². The molecule has 0 saturated carbocycles. The zero-order chi connectivity index (χ0) is 15.2. The summed E-state index contributed by atoms with van der Waals surface area (Å²) in [6, 6.07) is 9.61. The van der Waals surface area contributed by atoms with Crippen LogP contribution < -0.4 is 5.73 Å². The Morgan fingerprint density at radius 3 is 2.71 bits per heavy atom. The fourth-order valence-corrected chi connectivity index (χ4v) is 3.52. The standard InChI is InChI=1S/C16H22N2O2S/c1-12(11-21-13-7-3-2-4-8-13)16(20)18-10-6-5-9-14(18)15(17)19/h2-4,7-8,12,14H,5-6,9-11H2,1H3,(H2,17,19)/t12-,14+/m0/s1. The Morgan fingerprint density at radius 2 is 2.05 bits per heavy atom. The number of rotatable bonds is 5. The monoisotopic (exact) mass is 306 g/mol. The minimum absolute atomic E-state index is 0.0435. The van der Waals surface area contributed by atoms with Crippen LogP contribution in [-0.2, 0) is 9.59 Å². The van der Waals surface area contributed by atoms with E-state index in [-0.39, 0.29) is 17.7 Å². The second-order valence-electron chi connectivity index (χ2n) is 5.47. The molecule has 114 valence electrons. The zero-order valence-electron chi connectivity index (χ0n) is 12.3. The summed E-state index contributed by atoms with van der Waals surface area (Å²) in [5, 5.41) is 0. The van der Waals surface area contributed by atoms with E-state index in [1.807, 2.05) is 37.3 Å². The van der Waals surface area contributed by atoms with E-state index in [0.29, 0.717) is 18.7 Å². The van der Waals surface area contributed by atoms with E-state index in [0.717, 1.165) is 17.7 Å². The van der Waals surface area contributed by atoms with E-state index < -0.39 is 6.04 Å². The van der Waals surface area contributed by atoms with Crippen LogP contribution in [0.25, 0.3) is 0 Å². The molecule has 0 radical (unpaired) electrons. The minimum Gasteiger partial charge on any atom is -0.368 e. The van der Waals surface area contributed by atoms with Crippen LogP contribution in [0.1, 0.15) is 26.2 Å². The van der Waals surface area contributed by atoms with Crippen molar-refractivity contribution in [2.24, 2.45) is 11.7 Å². The second-order valence-corrected chi connectivity index (χ2v) is 6.56. The van der Waals surface area contributed by atoms with E-state index in [1.54, 1.807) is 16.7 Å². The van der Waals surface area contributed by atoms with Crippen molar-refractivity contribution >= 4 is 23.6 Å². The molecule has 0 bridgehead atoms. The average molecular weight is 306 g/mol. The fraction of sp³-hybridized carbons (Fsp3) is 0.500. The first-order chi connectivity index (χ1) is 10.1. The van der Waals surface area contributed by atoms with Crippen molar-refractivity contribution in [1.82, 2.24) is 4.90 Å². The maximum absolute atomic E-state index is 12.5. The normalized spacial score (nSPS) is 20.0. The van der Waals surface area contributed by atoms with E-state index in [2.05, 4.69) is 0 Å². The van der Waals surface area contributed by atoms with Gasteiger partial charge in [-0.2, -0.15) is 0 Å². The van der Waals surface area contributed by atoms with Crippen LogP contribution in [0.4, 0.5) is 0 Å². The van der Waals surface area contributed by atoms with Crippen LogP contribution in [0, 0.1) is 5.92 Å². The van der Waals surface area contributed by atoms with Crippen molar-refractivity contribution in [1.29, 1.82) is 0 Å². The van der Waals surface area contributed by atoms with Gasteiger partial charge in [0.2, 0.25) is 11.8 Å². The number of nitrogens with zero attached hydrogens (tertiary/aromatic N) is 1. The number of carbonyl (C=O) groups excluding carboxylic acids is 2. The van der Waals surface area contributed by atoms with E-state index in [4.69, 9.17) is 5.73 Å². The van der Waals surface area contributed by atoms with E-state index >= 15 is 0 Å². The Bertz CT molecular complexity index is 492. The van der Waals surface area contributed by atoms with Crippen LogP contribution in [0.3, 0.4) is 0 Å². The molecule has 4 nitrogen and oxygen atoms in total. The summed E-state index contributed by atoms with van der Waals surface area (Å²) >= 11 is 1.67. The Kier molecular flexibility index (Phi) is 5.67. The third-order valence-electron chi connectivity index (χ3n) is 3.78. The molecule has 0 spiro atoms. The van der Waals surface area contributed by atoms with Crippen molar-refractivity contribution < 1.29 is 9.59 Å². The van der Waals surface area contributed by atoms with Crippen molar-refractivity contribution in [3.8, 4) is 0 Å². The topological polar surface area (TPSA) is 63.4 Å². The number of thioether (sulfide) groups is 1. The molecule has 2 rings (SSSR count). The van der Waals surface area contributed by atoms with Crippen LogP contribution in [0.2, 0.25) is 0 Å². The second kappa shape index (κ2) is 7.50. The molecule has 1 heterocycles. The Hall–Kier alpha value is -1.49. The maximum atomic E-state index is 12.5. The largest absolute Gasteiger partial charge is 0.368 e. The van der Waals surface area contributed by atoms with Crippen molar-refractivity contribution in [3.63, 3.8) is 0 Å². The molecule has 1 saturated heterocycles. The number of piperidine rings is 1. The van der Waals surface area contributed by atoms with Gasteiger partial charge >= 0.3 is 0 Å². The average Bonchev–Trinajstić information content (AvgIpc) is 2.52. The molecule has 1 aliphatic heterocycles. The van der Waals surface area contributed by atoms with Crippen LogP contribution >= 0.6 is 11.8 Å². The number of nitrogens with two attached hydrogens (primary N) is 1. The summed E-state index contributed by atoms with van der Waals surface area (Å²) in [5.41, 5.74) is 5.42. The third kappa shape index (κ3) is 4.24. The molecular formula is C16H22N2O2S. The van der Waals surface area contributed by atoms with E-state index in [9.17, 15) is 9.59 Å². The van der Waals surface area contributed by atoms with Crippen molar-refractivity contribution in [2.45, 2.75) is 37.1 Å². The van der Waals surface area contributed by atoms with Gasteiger partial charge in [-0.3, -0.25) is 9.59 Å². The molecule has 2 N–H and O–H groups in total. The molecule has 2 atom stereocenters. The van der Waals surface area contributed by atoms with Gasteiger partial charge in [0.1, 0.15) is 6.04 Å². The lowest BCUT2D eigenvalue weighted by Crippen LogP contribution is -2.52. The first-order valence-corrected chi connectivity index (χ1v) is 8.36. The van der Waals surface area contributed by atoms with Gasteiger partial charge in [-0.1, -0.05) is 25.1 Å². The molecule has 1 aromatic carbocycles. The third-order valence-corrected chi connectivity index (χ3v) is 5.05. The molecule has 21 heavy (non-hydrogen) atoms. The smallest absolute Gasteiger partial charge is 0.240 e.